The summed E-state index contributed by atoms with van der Waals surface area (Å²) in [6.07, 6.45) is -0.788. The average Bonchev–Trinajstić information content (AvgIpc) is 2.85. The first kappa shape index (κ1) is 26.8. The first-order chi connectivity index (χ1) is 16.9. The number of carbonyl (C=O) groups excluding carboxylic acids is 4. The number of nitrogens with one attached hydrogen (secondary N) is 2. The van der Waals surface area contributed by atoms with Crippen molar-refractivity contribution in [2.45, 2.75) is 37.6 Å². The lowest BCUT2D eigenvalue weighted by Gasteiger charge is -2.48. The number of Topliss-reactive ketones (excluding diaryl/α,β-unsaturated/α-hetero) is 1. The third-order valence-corrected chi connectivity index (χ3v) is 6.78. The third kappa shape index (κ3) is 5.87. The summed E-state index contributed by atoms with van der Waals surface area (Å²) in [4.78, 5) is 50.1. The van der Waals surface area contributed by atoms with Gasteiger partial charge in [0, 0.05) is 6.42 Å². The van der Waals surface area contributed by atoms with Gasteiger partial charge < -0.3 is 21.1 Å². The number of carbonyl (C=O) groups is 4. The van der Waals surface area contributed by atoms with Gasteiger partial charge in [0.15, 0.2) is 11.3 Å². The Balaban J connectivity index is 1.64. The molecule has 36 heavy (non-hydrogen) atoms. The van der Waals surface area contributed by atoms with E-state index in [2.05, 4.69) is 10.6 Å². The zero-order valence-corrected chi connectivity index (χ0v) is 20.1. The summed E-state index contributed by atoms with van der Waals surface area (Å²) < 4.78 is 37.0. The molecule has 0 aliphatic carbocycles. The maximum Gasteiger partial charge on any atom is 0.408 e. The minimum Gasteiger partial charge on any atom is -0.445 e. The molecule has 0 unspecified atom stereocenters. The van der Waals surface area contributed by atoms with Crippen LogP contribution in [-0.2, 0) is 42.5 Å². The van der Waals surface area contributed by atoms with Crippen LogP contribution in [0.1, 0.15) is 18.1 Å². The summed E-state index contributed by atoms with van der Waals surface area (Å²) in [6.45, 7) is 0.443. The Bertz CT molecular complexity index is 1240. The van der Waals surface area contributed by atoms with Crippen LogP contribution in [0.5, 0.6) is 0 Å². The standard InChI is InChI=1S/C23H26N4O8S/c1-15-23(24,21(30)27(15)36(32,33)34)19(28)13-25-20(29)18(12-16-8-4-2-5-9-16)26-22(31)35-14-17-10-6-3-7-11-17/h2-11,15,18H,12-14,24H2,1H3,(H,25,29)(H,26,31)(H,32,33,34)/t15-,18-,23-/m0/s1. The van der Waals surface area contributed by atoms with E-state index >= 15 is 0 Å². The highest BCUT2D eigenvalue weighted by Gasteiger charge is 2.64. The maximum absolute atomic E-state index is 12.9. The van der Waals surface area contributed by atoms with Gasteiger partial charge in [-0.3, -0.25) is 18.9 Å². The molecular weight excluding hydrogens is 492 g/mol. The fraction of sp³-hybridized carbons (Fsp3) is 0.304. The van der Waals surface area contributed by atoms with Gasteiger partial charge in [0.2, 0.25) is 5.91 Å². The Kier molecular flexibility index (Phi) is 8.07. The zero-order valence-electron chi connectivity index (χ0n) is 19.3. The van der Waals surface area contributed by atoms with Gasteiger partial charge in [-0.05, 0) is 18.1 Å². The molecule has 13 heteroatoms. The van der Waals surface area contributed by atoms with Crippen LogP contribution in [0.25, 0.3) is 0 Å². The van der Waals surface area contributed by atoms with Crippen LogP contribution in [0.4, 0.5) is 4.79 Å². The van der Waals surface area contributed by atoms with E-state index in [9.17, 15) is 27.6 Å². The Morgan fingerprint density at radius 1 is 1.08 bits per heavy atom. The second kappa shape index (κ2) is 10.8. The highest BCUT2D eigenvalue weighted by molar-refractivity contribution is 7.84. The van der Waals surface area contributed by atoms with Crippen molar-refractivity contribution in [1.82, 2.24) is 14.9 Å². The van der Waals surface area contributed by atoms with Crippen molar-refractivity contribution in [1.29, 1.82) is 0 Å². The lowest BCUT2D eigenvalue weighted by molar-refractivity contribution is -0.155. The highest BCUT2D eigenvalue weighted by atomic mass is 32.2. The van der Waals surface area contributed by atoms with Gasteiger partial charge in [0.25, 0.3) is 5.91 Å². The number of ketones is 1. The molecule has 0 saturated carbocycles. The van der Waals surface area contributed by atoms with Gasteiger partial charge in [-0.1, -0.05) is 60.7 Å². The van der Waals surface area contributed by atoms with E-state index in [1.54, 1.807) is 54.6 Å². The lowest BCUT2D eigenvalue weighted by Crippen LogP contribution is -2.82. The van der Waals surface area contributed by atoms with E-state index in [1.165, 1.54) is 6.92 Å². The van der Waals surface area contributed by atoms with Crippen molar-refractivity contribution in [2.75, 3.05) is 6.54 Å². The smallest absolute Gasteiger partial charge is 0.408 e. The number of rotatable bonds is 10. The molecule has 0 bridgehead atoms. The van der Waals surface area contributed by atoms with Crippen LogP contribution in [0, 0.1) is 0 Å². The molecule has 1 saturated heterocycles. The summed E-state index contributed by atoms with van der Waals surface area (Å²) in [6, 6.07) is 15.2. The molecular formula is C23H26N4O8S. The number of hydrogen-bond donors (Lipinski definition) is 4. The van der Waals surface area contributed by atoms with Gasteiger partial charge in [0.05, 0.1) is 12.6 Å². The fourth-order valence-corrected chi connectivity index (χ4v) is 4.64. The Morgan fingerprint density at radius 2 is 1.64 bits per heavy atom. The molecule has 1 aliphatic heterocycles. The summed E-state index contributed by atoms with van der Waals surface area (Å²) in [7, 11) is -4.88. The summed E-state index contributed by atoms with van der Waals surface area (Å²) in [5.41, 5.74) is 5.05. The number of nitrogens with two attached hydrogens (primary N) is 1. The second-order valence-electron chi connectivity index (χ2n) is 8.21. The minimum atomic E-state index is -4.88. The first-order valence-corrected chi connectivity index (χ1v) is 12.3. The Morgan fingerprint density at radius 3 is 2.17 bits per heavy atom. The van der Waals surface area contributed by atoms with E-state index in [1.807, 2.05) is 6.07 Å². The zero-order chi connectivity index (χ0) is 26.5. The van der Waals surface area contributed by atoms with E-state index in [0.717, 1.165) is 5.56 Å². The minimum absolute atomic E-state index is 0.0230. The first-order valence-electron chi connectivity index (χ1n) is 10.9. The molecule has 3 rings (SSSR count). The number of ether oxygens (including phenoxy) is 1. The molecule has 1 aliphatic rings. The Hall–Kier alpha value is -3.81. The molecule has 192 valence electrons. The van der Waals surface area contributed by atoms with Crippen LogP contribution >= 0.6 is 0 Å². The predicted molar refractivity (Wildman–Crippen MR) is 126 cm³/mol. The molecule has 1 fully saturated rings. The third-order valence-electron chi connectivity index (χ3n) is 5.80. The van der Waals surface area contributed by atoms with Crippen molar-refractivity contribution >= 4 is 34.0 Å². The molecule has 0 radical (unpaired) electrons. The highest BCUT2D eigenvalue weighted by Crippen LogP contribution is 2.31. The van der Waals surface area contributed by atoms with E-state index in [4.69, 9.17) is 15.0 Å². The molecule has 3 atom stereocenters. The topological polar surface area (TPSA) is 185 Å². The van der Waals surface area contributed by atoms with Crippen LogP contribution in [0.15, 0.2) is 60.7 Å². The maximum atomic E-state index is 12.9. The molecule has 12 nitrogen and oxygen atoms in total. The fourth-order valence-electron chi connectivity index (χ4n) is 3.72. The number of hydrogen-bond acceptors (Lipinski definition) is 8. The molecule has 3 amide bonds. The van der Waals surface area contributed by atoms with Crippen LogP contribution in [0.3, 0.4) is 0 Å². The lowest BCUT2D eigenvalue weighted by atomic mass is 9.79. The second-order valence-corrected chi connectivity index (χ2v) is 9.50. The molecule has 0 aromatic heterocycles. The Labute approximate surface area is 207 Å². The molecule has 2 aromatic carbocycles. The predicted octanol–water partition coefficient (Wildman–Crippen LogP) is -0.0596. The van der Waals surface area contributed by atoms with Gasteiger partial charge in [-0.15, -0.1) is 0 Å². The van der Waals surface area contributed by atoms with Crippen LogP contribution in [0.2, 0.25) is 0 Å². The summed E-state index contributed by atoms with van der Waals surface area (Å²) in [5.74, 6) is -3.02. The van der Waals surface area contributed by atoms with Crippen molar-refractivity contribution in [2.24, 2.45) is 5.73 Å². The van der Waals surface area contributed by atoms with Crippen LogP contribution < -0.4 is 16.4 Å². The number of amides is 3. The van der Waals surface area contributed by atoms with Crippen molar-refractivity contribution in [3.8, 4) is 0 Å². The molecule has 5 N–H and O–H groups in total. The average molecular weight is 519 g/mol. The molecule has 2 aromatic rings. The quantitative estimate of drug-likeness (QED) is 0.190. The number of alkyl carbamates (subject to hydrolysis) is 1. The van der Waals surface area contributed by atoms with E-state index < -0.39 is 58.2 Å². The largest absolute Gasteiger partial charge is 0.445 e. The van der Waals surface area contributed by atoms with Crippen molar-refractivity contribution in [3.63, 3.8) is 0 Å². The van der Waals surface area contributed by atoms with E-state index in [0.29, 0.717) is 5.56 Å². The number of benzene rings is 2. The monoisotopic (exact) mass is 518 g/mol. The van der Waals surface area contributed by atoms with Gasteiger partial charge in [-0.2, -0.15) is 8.42 Å². The van der Waals surface area contributed by atoms with Gasteiger partial charge in [0.1, 0.15) is 12.6 Å². The van der Waals surface area contributed by atoms with Gasteiger partial charge in [-0.25, -0.2) is 9.10 Å². The van der Waals surface area contributed by atoms with Gasteiger partial charge >= 0.3 is 16.4 Å². The SMILES string of the molecule is C[C@@H]1N(S(=O)(=O)O)C(=O)[C@@]1(N)C(=O)CNC(=O)[C@H](Cc1ccccc1)NC(=O)OCc1ccccc1. The van der Waals surface area contributed by atoms with Crippen molar-refractivity contribution in [3.05, 3.63) is 71.8 Å². The summed E-state index contributed by atoms with van der Waals surface area (Å²) in [5, 5.41) is 4.80. The number of nitrogens with zero attached hydrogens (tertiary/aromatic N) is 1. The van der Waals surface area contributed by atoms with Crippen molar-refractivity contribution < 1.29 is 36.9 Å². The van der Waals surface area contributed by atoms with E-state index in [-0.39, 0.29) is 17.3 Å². The van der Waals surface area contributed by atoms with Crippen LogP contribution in [-0.4, -0.2) is 65.1 Å². The molecule has 1 heterocycles. The summed E-state index contributed by atoms with van der Waals surface area (Å²) >= 11 is 0. The normalized spacial score (nSPS) is 20.1. The molecule has 0 spiro atoms. The number of β-lactam (4-membered cyclic amide) rings is 1.